The molecule has 0 aromatic heterocycles. The molecule has 0 heterocycles. The van der Waals surface area contributed by atoms with Gasteiger partial charge in [-0.3, -0.25) is 4.79 Å². The molecule has 0 aliphatic carbocycles. The number of phenols is 1. The number of carbonyl (C=O) groups is 1. The summed E-state index contributed by atoms with van der Waals surface area (Å²) in [6.07, 6.45) is 0. The Morgan fingerprint density at radius 1 is 1.50 bits per heavy atom. The first-order valence-electron chi connectivity index (χ1n) is 4.11. The number of phenolic OH excluding ortho intramolecular Hbond substituents is 1. The molecule has 4 nitrogen and oxygen atoms in total. The first kappa shape index (κ1) is 10.5. The Balaban J connectivity index is 3.02. The van der Waals surface area contributed by atoms with Crippen LogP contribution in [-0.2, 0) is 4.74 Å². The maximum absolute atomic E-state index is 11.1. The summed E-state index contributed by atoms with van der Waals surface area (Å²) in [6, 6.07) is 4.64. The Morgan fingerprint density at radius 3 is 2.79 bits per heavy atom. The number of benzene rings is 1. The number of rotatable bonds is 4. The van der Waals surface area contributed by atoms with E-state index in [0.29, 0.717) is 5.56 Å². The summed E-state index contributed by atoms with van der Waals surface area (Å²) >= 11 is 0. The largest absolute Gasteiger partial charge is 0.504 e. The number of Topliss-reactive ketones (excluding diaryl/α,β-unsaturated/α-hetero) is 1. The number of hydrogen-bond acceptors (Lipinski definition) is 4. The molecular formula is C10H12O4. The van der Waals surface area contributed by atoms with E-state index in [1.165, 1.54) is 20.1 Å². The Hall–Kier alpha value is -1.55. The van der Waals surface area contributed by atoms with Gasteiger partial charge in [0.25, 0.3) is 0 Å². The van der Waals surface area contributed by atoms with Crippen molar-refractivity contribution in [3.8, 4) is 11.5 Å². The summed E-state index contributed by atoms with van der Waals surface area (Å²) in [5, 5.41) is 9.43. The molecule has 1 aromatic rings. The summed E-state index contributed by atoms with van der Waals surface area (Å²) in [4.78, 5) is 11.1. The van der Waals surface area contributed by atoms with Crippen molar-refractivity contribution in [2.24, 2.45) is 0 Å². The monoisotopic (exact) mass is 196 g/mol. The van der Waals surface area contributed by atoms with Crippen LogP contribution >= 0.6 is 0 Å². The van der Waals surface area contributed by atoms with E-state index in [-0.39, 0.29) is 24.1 Å². The van der Waals surface area contributed by atoms with Crippen LogP contribution in [0.15, 0.2) is 18.2 Å². The van der Waals surface area contributed by atoms with E-state index in [2.05, 4.69) is 0 Å². The lowest BCUT2D eigenvalue weighted by Gasteiger charge is -2.09. The van der Waals surface area contributed by atoms with Crippen molar-refractivity contribution in [1.29, 1.82) is 0 Å². The lowest BCUT2D eigenvalue weighted by atomic mass is 10.1. The van der Waals surface area contributed by atoms with Gasteiger partial charge in [0.15, 0.2) is 24.1 Å². The summed E-state index contributed by atoms with van der Waals surface area (Å²) in [6.45, 7) is 1.41. The van der Waals surface area contributed by atoms with Gasteiger partial charge in [-0.25, -0.2) is 0 Å². The molecule has 0 saturated heterocycles. The highest BCUT2D eigenvalue weighted by molar-refractivity contribution is 5.97. The molecule has 14 heavy (non-hydrogen) atoms. The lowest BCUT2D eigenvalue weighted by Crippen LogP contribution is -2.04. The topological polar surface area (TPSA) is 55.8 Å². The molecule has 1 rings (SSSR count). The van der Waals surface area contributed by atoms with Crippen LogP contribution in [0.25, 0.3) is 0 Å². The predicted octanol–water partition coefficient (Wildman–Crippen LogP) is 1.58. The SMILES string of the molecule is COCOc1c(O)cccc1C(C)=O. The van der Waals surface area contributed by atoms with Gasteiger partial charge in [0.2, 0.25) is 0 Å². The smallest absolute Gasteiger partial charge is 0.188 e. The van der Waals surface area contributed by atoms with Crippen molar-refractivity contribution < 1.29 is 19.4 Å². The molecule has 0 fully saturated rings. The average molecular weight is 196 g/mol. The third kappa shape index (κ3) is 2.23. The van der Waals surface area contributed by atoms with Crippen LogP contribution in [0.3, 0.4) is 0 Å². The number of para-hydroxylation sites is 1. The van der Waals surface area contributed by atoms with E-state index in [4.69, 9.17) is 9.47 Å². The van der Waals surface area contributed by atoms with Crippen molar-refractivity contribution in [3.05, 3.63) is 23.8 Å². The van der Waals surface area contributed by atoms with Crippen LogP contribution in [0.2, 0.25) is 0 Å². The molecule has 0 unspecified atom stereocenters. The number of methoxy groups -OCH3 is 1. The third-order valence-corrected chi connectivity index (χ3v) is 1.69. The minimum atomic E-state index is -0.160. The van der Waals surface area contributed by atoms with Crippen LogP contribution in [0.4, 0.5) is 0 Å². The van der Waals surface area contributed by atoms with Gasteiger partial charge < -0.3 is 14.6 Å². The molecule has 0 amide bonds. The second kappa shape index (κ2) is 4.62. The molecule has 1 N–H and O–H groups in total. The molecule has 0 atom stereocenters. The fourth-order valence-electron chi connectivity index (χ4n) is 1.07. The number of ether oxygens (including phenoxy) is 2. The van der Waals surface area contributed by atoms with Crippen molar-refractivity contribution in [1.82, 2.24) is 0 Å². The first-order chi connectivity index (χ1) is 6.66. The quantitative estimate of drug-likeness (QED) is 0.586. The zero-order chi connectivity index (χ0) is 10.6. The van der Waals surface area contributed by atoms with E-state index in [0.717, 1.165) is 0 Å². The second-order valence-electron chi connectivity index (χ2n) is 2.76. The van der Waals surface area contributed by atoms with Crippen molar-refractivity contribution in [3.63, 3.8) is 0 Å². The molecule has 0 aliphatic rings. The highest BCUT2D eigenvalue weighted by Gasteiger charge is 2.12. The first-order valence-corrected chi connectivity index (χ1v) is 4.11. The standard InChI is InChI=1S/C10H12O4/c1-7(11)8-4-3-5-9(12)10(8)14-6-13-2/h3-5,12H,6H2,1-2H3. The Kier molecular flexibility index (Phi) is 3.48. The summed E-state index contributed by atoms with van der Waals surface area (Å²) in [5.74, 6) is -0.0522. The maximum Gasteiger partial charge on any atom is 0.188 e. The fraction of sp³-hybridized carbons (Fsp3) is 0.300. The highest BCUT2D eigenvalue weighted by Crippen LogP contribution is 2.30. The Morgan fingerprint density at radius 2 is 2.21 bits per heavy atom. The molecule has 76 valence electrons. The molecule has 0 bridgehead atoms. The van der Waals surface area contributed by atoms with Gasteiger partial charge in [0, 0.05) is 7.11 Å². The maximum atomic E-state index is 11.1. The molecule has 0 saturated carbocycles. The molecule has 0 spiro atoms. The average Bonchev–Trinajstić information content (AvgIpc) is 2.15. The van der Waals surface area contributed by atoms with Crippen LogP contribution in [-0.4, -0.2) is 24.8 Å². The fourth-order valence-corrected chi connectivity index (χ4v) is 1.07. The molecule has 0 radical (unpaired) electrons. The highest BCUT2D eigenvalue weighted by atomic mass is 16.7. The normalized spacial score (nSPS) is 9.86. The van der Waals surface area contributed by atoms with Crippen LogP contribution in [0, 0.1) is 0 Å². The number of hydrogen-bond donors (Lipinski definition) is 1. The van der Waals surface area contributed by atoms with Crippen LogP contribution in [0.5, 0.6) is 11.5 Å². The zero-order valence-electron chi connectivity index (χ0n) is 8.11. The molecule has 4 heteroatoms. The van der Waals surface area contributed by atoms with Gasteiger partial charge in [0.1, 0.15) is 0 Å². The Bertz CT molecular complexity index is 333. The van der Waals surface area contributed by atoms with E-state index >= 15 is 0 Å². The van der Waals surface area contributed by atoms with Crippen LogP contribution in [0.1, 0.15) is 17.3 Å². The molecular weight excluding hydrogens is 184 g/mol. The van der Waals surface area contributed by atoms with Gasteiger partial charge in [0.05, 0.1) is 5.56 Å². The predicted molar refractivity (Wildman–Crippen MR) is 50.6 cm³/mol. The van der Waals surface area contributed by atoms with Crippen LogP contribution < -0.4 is 4.74 Å². The van der Waals surface area contributed by atoms with Gasteiger partial charge in [-0.1, -0.05) is 6.07 Å². The number of aromatic hydroxyl groups is 1. The van der Waals surface area contributed by atoms with Gasteiger partial charge >= 0.3 is 0 Å². The van der Waals surface area contributed by atoms with Gasteiger partial charge in [-0.2, -0.15) is 0 Å². The number of ketones is 1. The third-order valence-electron chi connectivity index (χ3n) is 1.69. The van der Waals surface area contributed by atoms with Crippen molar-refractivity contribution in [2.45, 2.75) is 6.92 Å². The minimum absolute atomic E-state index is 0.00213. The second-order valence-corrected chi connectivity index (χ2v) is 2.76. The van der Waals surface area contributed by atoms with Crippen molar-refractivity contribution >= 4 is 5.78 Å². The van der Waals surface area contributed by atoms with Gasteiger partial charge in [-0.05, 0) is 19.1 Å². The molecule has 0 aliphatic heterocycles. The van der Waals surface area contributed by atoms with Gasteiger partial charge in [-0.15, -0.1) is 0 Å². The van der Waals surface area contributed by atoms with E-state index < -0.39 is 0 Å². The summed E-state index contributed by atoms with van der Waals surface area (Å²) in [5.41, 5.74) is 0.349. The minimum Gasteiger partial charge on any atom is -0.504 e. The van der Waals surface area contributed by atoms with E-state index in [1.807, 2.05) is 0 Å². The van der Waals surface area contributed by atoms with E-state index in [9.17, 15) is 9.90 Å². The number of carbonyl (C=O) groups excluding carboxylic acids is 1. The van der Waals surface area contributed by atoms with E-state index in [1.54, 1.807) is 12.1 Å². The Labute approximate surface area is 82.1 Å². The summed E-state index contributed by atoms with van der Waals surface area (Å²) < 4.78 is 9.78. The van der Waals surface area contributed by atoms with Crippen molar-refractivity contribution in [2.75, 3.05) is 13.9 Å². The summed E-state index contributed by atoms with van der Waals surface area (Å²) in [7, 11) is 1.47. The zero-order valence-corrected chi connectivity index (χ0v) is 8.11. The molecule has 1 aromatic carbocycles. The lowest BCUT2D eigenvalue weighted by molar-refractivity contribution is 0.0483.